The van der Waals surface area contributed by atoms with Crippen LogP contribution in [0.2, 0.25) is 0 Å². The van der Waals surface area contributed by atoms with Gasteiger partial charge in [0.2, 0.25) is 0 Å². The predicted octanol–water partition coefficient (Wildman–Crippen LogP) is 4.24. The molecule has 0 aromatic carbocycles. The molecule has 0 fully saturated rings. The SMILES string of the molecule is C/C1=C/C(O)[C@H](/C(C)=C/c2csc(C)n2)OC(=O)C[C@H](O)C(C)(C)C(=O)[C@H](C)[C@@H](O)[C@@H](C)CCC1. The van der Waals surface area contributed by atoms with Gasteiger partial charge in [-0.15, -0.1) is 11.3 Å². The molecule has 1 aromatic heterocycles. The van der Waals surface area contributed by atoms with Gasteiger partial charge in [0, 0.05) is 11.3 Å². The second-order valence-electron chi connectivity index (χ2n) is 10.5. The quantitative estimate of drug-likeness (QED) is 0.405. The van der Waals surface area contributed by atoms with E-state index in [0.717, 1.165) is 22.7 Å². The van der Waals surface area contributed by atoms with Crippen molar-refractivity contribution < 1.29 is 29.6 Å². The van der Waals surface area contributed by atoms with Gasteiger partial charge in [0.1, 0.15) is 11.9 Å². The normalized spacial score (nSPS) is 33.7. The van der Waals surface area contributed by atoms with Crippen LogP contribution in [0.5, 0.6) is 0 Å². The summed E-state index contributed by atoms with van der Waals surface area (Å²) in [6.45, 7) is 12.3. The van der Waals surface area contributed by atoms with Crippen molar-refractivity contribution in [2.24, 2.45) is 17.3 Å². The van der Waals surface area contributed by atoms with Crippen LogP contribution in [0.1, 0.15) is 77.9 Å². The van der Waals surface area contributed by atoms with Crippen LogP contribution in [-0.2, 0) is 14.3 Å². The highest BCUT2D eigenvalue weighted by Crippen LogP contribution is 2.32. The van der Waals surface area contributed by atoms with E-state index in [1.54, 1.807) is 39.8 Å². The number of ether oxygens (including phenoxy) is 1. The van der Waals surface area contributed by atoms with E-state index in [0.29, 0.717) is 18.4 Å². The van der Waals surface area contributed by atoms with Crippen LogP contribution >= 0.6 is 11.3 Å². The highest BCUT2D eigenvalue weighted by molar-refractivity contribution is 7.09. The number of Topliss-reactive ketones (excluding diaryl/α,β-unsaturated/α-hetero) is 1. The average Bonchev–Trinajstić information content (AvgIpc) is 3.19. The summed E-state index contributed by atoms with van der Waals surface area (Å²) in [6, 6.07) is 0. The molecular formula is C27H41NO6S. The third-order valence-corrected chi connectivity index (χ3v) is 7.84. The van der Waals surface area contributed by atoms with Crippen LogP contribution in [0.3, 0.4) is 0 Å². The Bertz CT molecular complexity index is 949. The largest absolute Gasteiger partial charge is 0.455 e. The number of cyclic esters (lactones) is 1. The van der Waals surface area contributed by atoms with Crippen LogP contribution in [-0.4, -0.2) is 56.5 Å². The number of allylic oxidation sites excluding steroid dienone is 1. The number of rotatable bonds is 2. The van der Waals surface area contributed by atoms with Gasteiger partial charge in [-0.05, 0) is 57.6 Å². The van der Waals surface area contributed by atoms with E-state index >= 15 is 0 Å². The highest BCUT2D eigenvalue weighted by Gasteiger charge is 2.42. The molecule has 35 heavy (non-hydrogen) atoms. The maximum atomic E-state index is 13.2. The molecule has 2 heterocycles. The monoisotopic (exact) mass is 507 g/mol. The maximum absolute atomic E-state index is 13.2. The molecule has 1 aliphatic heterocycles. The van der Waals surface area contributed by atoms with Gasteiger partial charge in [-0.25, -0.2) is 4.98 Å². The lowest BCUT2D eigenvalue weighted by Gasteiger charge is -2.34. The number of ketones is 1. The van der Waals surface area contributed by atoms with E-state index in [1.807, 2.05) is 26.2 Å². The van der Waals surface area contributed by atoms with Crippen LogP contribution in [0.25, 0.3) is 6.08 Å². The first kappa shape index (κ1) is 29.4. The number of aliphatic hydroxyl groups is 3. The molecule has 0 saturated heterocycles. The lowest BCUT2D eigenvalue weighted by molar-refractivity contribution is -0.157. The van der Waals surface area contributed by atoms with Gasteiger partial charge in [-0.1, -0.05) is 39.3 Å². The summed E-state index contributed by atoms with van der Waals surface area (Å²) in [5.74, 6) is -1.82. The Morgan fingerprint density at radius 2 is 1.86 bits per heavy atom. The third-order valence-electron chi connectivity index (χ3n) is 7.05. The summed E-state index contributed by atoms with van der Waals surface area (Å²) in [4.78, 5) is 30.5. The highest BCUT2D eigenvalue weighted by atomic mass is 32.1. The lowest BCUT2D eigenvalue weighted by atomic mass is 9.73. The van der Waals surface area contributed by atoms with Crippen molar-refractivity contribution >= 4 is 29.2 Å². The molecule has 2 rings (SSSR count). The molecule has 1 aliphatic rings. The fraction of sp³-hybridized carbons (Fsp3) is 0.667. The molecule has 0 bridgehead atoms. The van der Waals surface area contributed by atoms with E-state index < -0.39 is 48.1 Å². The van der Waals surface area contributed by atoms with Gasteiger partial charge < -0.3 is 20.1 Å². The Morgan fingerprint density at radius 3 is 2.46 bits per heavy atom. The number of carbonyl (C=O) groups excluding carboxylic acids is 2. The fourth-order valence-corrected chi connectivity index (χ4v) is 5.10. The van der Waals surface area contributed by atoms with Crippen molar-refractivity contribution in [1.82, 2.24) is 4.98 Å². The summed E-state index contributed by atoms with van der Waals surface area (Å²) in [5.41, 5.74) is 1.02. The minimum Gasteiger partial charge on any atom is -0.455 e. The summed E-state index contributed by atoms with van der Waals surface area (Å²) >= 11 is 1.50. The molecule has 3 N–H and O–H groups in total. The number of hydrogen-bond acceptors (Lipinski definition) is 8. The smallest absolute Gasteiger partial charge is 0.309 e. The van der Waals surface area contributed by atoms with Crippen molar-refractivity contribution in [1.29, 1.82) is 0 Å². The Kier molecular flexibility index (Phi) is 10.4. The summed E-state index contributed by atoms with van der Waals surface area (Å²) in [5, 5.41) is 35.4. The third kappa shape index (κ3) is 7.81. The minimum absolute atomic E-state index is 0.114. The second kappa shape index (κ2) is 12.4. The Labute approximate surface area is 212 Å². The molecule has 0 aliphatic carbocycles. The number of nitrogens with zero attached hydrogens (tertiary/aromatic N) is 1. The van der Waals surface area contributed by atoms with Gasteiger partial charge in [-0.2, -0.15) is 0 Å². The molecule has 6 atom stereocenters. The molecule has 0 radical (unpaired) electrons. The van der Waals surface area contributed by atoms with E-state index in [2.05, 4.69) is 4.98 Å². The zero-order valence-corrected chi connectivity index (χ0v) is 22.8. The van der Waals surface area contributed by atoms with E-state index in [9.17, 15) is 24.9 Å². The molecule has 0 saturated carbocycles. The van der Waals surface area contributed by atoms with Crippen molar-refractivity contribution in [3.05, 3.63) is 33.3 Å². The van der Waals surface area contributed by atoms with E-state index in [1.165, 1.54) is 11.3 Å². The minimum atomic E-state index is -1.30. The molecule has 1 unspecified atom stereocenters. The topological polar surface area (TPSA) is 117 Å². The fourth-order valence-electron chi connectivity index (χ4n) is 4.53. The molecular weight excluding hydrogens is 466 g/mol. The molecule has 7 nitrogen and oxygen atoms in total. The number of hydrogen-bond donors (Lipinski definition) is 3. The molecule has 196 valence electrons. The first-order valence-electron chi connectivity index (χ1n) is 12.3. The van der Waals surface area contributed by atoms with Gasteiger partial charge in [0.25, 0.3) is 0 Å². The lowest BCUT2D eigenvalue weighted by Crippen LogP contribution is -2.46. The first-order valence-corrected chi connectivity index (χ1v) is 13.2. The molecule has 0 amide bonds. The molecule has 1 aromatic rings. The zero-order chi connectivity index (χ0) is 26.5. The summed E-state index contributed by atoms with van der Waals surface area (Å²) in [7, 11) is 0. The van der Waals surface area contributed by atoms with E-state index in [-0.39, 0.29) is 11.7 Å². The average molecular weight is 508 g/mol. The summed E-state index contributed by atoms with van der Waals surface area (Å²) in [6.07, 6.45) is 1.05. The number of aromatic nitrogens is 1. The van der Waals surface area contributed by atoms with Crippen LogP contribution in [0.4, 0.5) is 0 Å². The molecule has 8 heteroatoms. The van der Waals surface area contributed by atoms with Gasteiger partial charge in [0.15, 0.2) is 6.10 Å². The Morgan fingerprint density at radius 1 is 1.20 bits per heavy atom. The number of aryl methyl sites for hydroxylation is 1. The summed E-state index contributed by atoms with van der Waals surface area (Å²) < 4.78 is 5.67. The predicted molar refractivity (Wildman–Crippen MR) is 138 cm³/mol. The van der Waals surface area contributed by atoms with Gasteiger partial charge in [0.05, 0.1) is 34.7 Å². The number of esters is 1. The van der Waals surface area contributed by atoms with Crippen molar-refractivity contribution in [3.63, 3.8) is 0 Å². The second-order valence-corrected chi connectivity index (χ2v) is 11.6. The Hall–Kier alpha value is -1.87. The van der Waals surface area contributed by atoms with Crippen molar-refractivity contribution in [3.8, 4) is 0 Å². The standard InChI is InChI=1S/C27H41NO6S/c1-15-9-8-10-16(2)24(32)18(4)26(33)27(6,7)22(30)13-23(31)34-25(21(29)11-15)17(3)12-20-14-35-19(5)28-20/h11-12,14,16,18,21-22,24-25,29-30,32H,8-10,13H2,1-7H3/b15-11-,17-12+/t16-,18+,21?,22-,24-,25-/m0/s1. The van der Waals surface area contributed by atoms with E-state index in [4.69, 9.17) is 4.74 Å². The molecule has 0 spiro atoms. The van der Waals surface area contributed by atoms with Crippen molar-refractivity contribution in [2.75, 3.05) is 0 Å². The van der Waals surface area contributed by atoms with Crippen LogP contribution < -0.4 is 0 Å². The van der Waals surface area contributed by atoms with Gasteiger partial charge >= 0.3 is 5.97 Å². The maximum Gasteiger partial charge on any atom is 0.309 e. The number of aliphatic hydroxyl groups excluding tert-OH is 3. The Balaban J connectivity index is 2.40. The van der Waals surface area contributed by atoms with Gasteiger partial charge in [-0.3, -0.25) is 9.59 Å². The number of thiazole rings is 1. The van der Waals surface area contributed by atoms with Crippen LogP contribution in [0.15, 0.2) is 22.6 Å². The zero-order valence-electron chi connectivity index (χ0n) is 21.9. The van der Waals surface area contributed by atoms with Crippen LogP contribution in [0, 0.1) is 24.2 Å². The van der Waals surface area contributed by atoms with Crippen molar-refractivity contribution in [2.45, 2.75) is 98.6 Å². The number of carbonyl (C=O) groups is 2. The first-order chi connectivity index (χ1) is 16.2.